The third-order valence-corrected chi connectivity index (χ3v) is 1.93. The van der Waals surface area contributed by atoms with Crippen molar-refractivity contribution in [3.05, 3.63) is 40.7 Å². The van der Waals surface area contributed by atoms with Crippen LogP contribution in [-0.2, 0) is 7.05 Å². The maximum Gasteiger partial charge on any atom is 0.292 e. The first kappa shape index (κ1) is 7.91. The lowest BCUT2D eigenvalue weighted by molar-refractivity contribution is 0.481. The normalized spacial score (nSPS) is 10.6. The third-order valence-electron chi connectivity index (χ3n) is 1.93. The molecule has 66 valence electrons. The lowest BCUT2D eigenvalue weighted by Crippen LogP contribution is -2.21. The molecule has 2 aromatic rings. The fraction of sp³-hybridized carbons (Fsp3) is 0.111. The molecule has 1 heterocycles. The van der Waals surface area contributed by atoms with Gasteiger partial charge in [0.25, 0.3) is 11.6 Å². The van der Waals surface area contributed by atoms with E-state index in [4.69, 9.17) is 0 Å². The number of nitrogens with zero attached hydrogens (tertiary/aromatic N) is 2. The van der Waals surface area contributed by atoms with Crippen molar-refractivity contribution in [2.75, 3.05) is 0 Å². The van der Waals surface area contributed by atoms with Crippen LogP contribution in [0.3, 0.4) is 0 Å². The lowest BCUT2D eigenvalue weighted by atomic mass is 10.2. The highest BCUT2D eigenvalue weighted by atomic mass is 19.1. The summed E-state index contributed by atoms with van der Waals surface area (Å²) in [5.74, 6) is 0. The Morgan fingerprint density at radius 2 is 2.08 bits per heavy atom. The second-order valence-corrected chi connectivity index (χ2v) is 2.76. The van der Waals surface area contributed by atoms with E-state index in [2.05, 4.69) is 4.98 Å². The number of fused-ring (bicyclic) bond motifs is 1. The Balaban J connectivity index is 3.03. The van der Waals surface area contributed by atoms with Crippen LogP contribution in [0.5, 0.6) is 0 Å². The Morgan fingerprint density at radius 3 is 2.85 bits per heavy atom. The molecule has 0 amide bonds. The summed E-state index contributed by atoms with van der Waals surface area (Å²) in [6.45, 7) is 0. The number of hydrogen-bond acceptors (Lipinski definition) is 2. The standard InChI is InChI=1S/C9H7FN2O/c1-12-8(13)6-4-2-3-5-7(6)11-9(12)10/h2-5H,1H3. The molecule has 0 atom stereocenters. The van der Waals surface area contributed by atoms with Gasteiger partial charge in [-0.15, -0.1) is 0 Å². The molecule has 13 heavy (non-hydrogen) atoms. The number of hydrogen-bond donors (Lipinski definition) is 0. The molecule has 2 rings (SSSR count). The Hall–Kier alpha value is -1.71. The molecule has 4 heteroatoms. The number of para-hydroxylation sites is 1. The van der Waals surface area contributed by atoms with Gasteiger partial charge in [0.1, 0.15) is 0 Å². The summed E-state index contributed by atoms with van der Waals surface area (Å²) in [6, 6.07) is 6.68. The summed E-state index contributed by atoms with van der Waals surface area (Å²) < 4.78 is 13.9. The third kappa shape index (κ3) is 1.11. The highest BCUT2D eigenvalue weighted by molar-refractivity contribution is 5.76. The van der Waals surface area contributed by atoms with E-state index in [0.717, 1.165) is 4.57 Å². The van der Waals surface area contributed by atoms with E-state index in [1.165, 1.54) is 7.05 Å². The molecule has 0 N–H and O–H groups in total. The Kier molecular flexibility index (Phi) is 1.62. The molecule has 0 bridgehead atoms. The predicted molar refractivity (Wildman–Crippen MR) is 46.9 cm³/mol. The van der Waals surface area contributed by atoms with Crippen LogP contribution in [0.1, 0.15) is 0 Å². The summed E-state index contributed by atoms with van der Waals surface area (Å²) >= 11 is 0. The first-order valence-electron chi connectivity index (χ1n) is 3.81. The zero-order valence-electron chi connectivity index (χ0n) is 6.99. The molecule has 1 aromatic heterocycles. The fourth-order valence-electron chi connectivity index (χ4n) is 1.19. The topological polar surface area (TPSA) is 34.9 Å². The van der Waals surface area contributed by atoms with Crippen molar-refractivity contribution in [3.63, 3.8) is 0 Å². The smallest absolute Gasteiger partial charge is 0.271 e. The number of benzene rings is 1. The van der Waals surface area contributed by atoms with Crippen molar-refractivity contribution < 1.29 is 4.39 Å². The minimum absolute atomic E-state index is 0.358. The van der Waals surface area contributed by atoms with Gasteiger partial charge in [0, 0.05) is 7.05 Å². The molecule has 0 saturated carbocycles. The van der Waals surface area contributed by atoms with Gasteiger partial charge in [-0.3, -0.25) is 9.36 Å². The first-order valence-corrected chi connectivity index (χ1v) is 3.81. The second-order valence-electron chi connectivity index (χ2n) is 2.76. The Labute approximate surface area is 73.5 Å². The highest BCUT2D eigenvalue weighted by Gasteiger charge is 2.05. The Bertz CT molecular complexity index is 518. The minimum atomic E-state index is -0.760. The van der Waals surface area contributed by atoms with E-state index in [-0.39, 0.29) is 5.56 Å². The largest absolute Gasteiger partial charge is 0.292 e. The Morgan fingerprint density at radius 1 is 1.38 bits per heavy atom. The summed E-state index contributed by atoms with van der Waals surface area (Å²) in [5, 5.41) is 0.436. The average Bonchev–Trinajstić information content (AvgIpc) is 2.15. The highest BCUT2D eigenvalue weighted by Crippen LogP contribution is 2.05. The molecule has 0 aliphatic heterocycles. The van der Waals surface area contributed by atoms with E-state index in [0.29, 0.717) is 10.9 Å². The van der Waals surface area contributed by atoms with Crippen molar-refractivity contribution in [1.29, 1.82) is 0 Å². The minimum Gasteiger partial charge on any atom is -0.271 e. The van der Waals surface area contributed by atoms with Crippen molar-refractivity contribution >= 4 is 10.9 Å². The zero-order valence-corrected chi connectivity index (χ0v) is 6.99. The molecular formula is C9H7FN2O. The fourth-order valence-corrected chi connectivity index (χ4v) is 1.19. The van der Waals surface area contributed by atoms with Crippen molar-refractivity contribution in [1.82, 2.24) is 9.55 Å². The molecule has 0 radical (unpaired) electrons. The van der Waals surface area contributed by atoms with Crippen molar-refractivity contribution in [2.24, 2.45) is 7.05 Å². The molecule has 1 aromatic carbocycles. The molecule has 0 saturated heterocycles. The van der Waals surface area contributed by atoms with Gasteiger partial charge in [0.05, 0.1) is 10.9 Å². The second kappa shape index (κ2) is 2.65. The summed E-state index contributed by atoms with van der Waals surface area (Å²) in [5.41, 5.74) is 0.0335. The van der Waals surface area contributed by atoms with Gasteiger partial charge in [0.15, 0.2) is 0 Å². The molecule has 0 spiro atoms. The van der Waals surface area contributed by atoms with E-state index in [9.17, 15) is 9.18 Å². The maximum absolute atomic E-state index is 13.0. The maximum atomic E-state index is 13.0. The van der Waals surface area contributed by atoms with E-state index in [1.807, 2.05) is 0 Å². The van der Waals surface area contributed by atoms with Crippen LogP contribution in [0.4, 0.5) is 4.39 Å². The molecule has 0 fully saturated rings. The van der Waals surface area contributed by atoms with Crippen LogP contribution in [0, 0.1) is 6.08 Å². The van der Waals surface area contributed by atoms with Gasteiger partial charge in [-0.25, -0.2) is 4.98 Å². The summed E-state index contributed by atoms with van der Waals surface area (Å²) in [6.07, 6.45) is -0.760. The molecule has 0 unspecified atom stereocenters. The van der Waals surface area contributed by atoms with Gasteiger partial charge >= 0.3 is 0 Å². The lowest BCUT2D eigenvalue weighted by Gasteiger charge is -2.00. The van der Waals surface area contributed by atoms with Crippen molar-refractivity contribution in [2.45, 2.75) is 0 Å². The van der Waals surface area contributed by atoms with Crippen LogP contribution < -0.4 is 5.56 Å². The van der Waals surface area contributed by atoms with Crippen LogP contribution in [-0.4, -0.2) is 9.55 Å². The zero-order chi connectivity index (χ0) is 9.42. The molecule has 0 aliphatic carbocycles. The molecule has 0 aliphatic rings. The number of aromatic nitrogens is 2. The first-order chi connectivity index (χ1) is 6.20. The van der Waals surface area contributed by atoms with Gasteiger partial charge < -0.3 is 0 Å². The van der Waals surface area contributed by atoms with E-state index >= 15 is 0 Å². The SMILES string of the molecule is Cn1c(F)nc2ccccc2c1=O. The van der Waals surface area contributed by atoms with Crippen molar-refractivity contribution in [3.8, 4) is 0 Å². The summed E-state index contributed by atoms with van der Waals surface area (Å²) in [4.78, 5) is 15.1. The van der Waals surface area contributed by atoms with Gasteiger partial charge in [-0.2, -0.15) is 4.39 Å². The van der Waals surface area contributed by atoms with Crippen LogP contribution in [0.15, 0.2) is 29.1 Å². The van der Waals surface area contributed by atoms with Gasteiger partial charge in [0.2, 0.25) is 0 Å². The van der Waals surface area contributed by atoms with Crippen LogP contribution >= 0.6 is 0 Å². The monoisotopic (exact) mass is 178 g/mol. The van der Waals surface area contributed by atoms with Crippen LogP contribution in [0.2, 0.25) is 0 Å². The van der Waals surface area contributed by atoms with Crippen LogP contribution in [0.25, 0.3) is 10.9 Å². The number of halogens is 1. The predicted octanol–water partition coefficient (Wildman–Crippen LogP) is 1.07. The molecular weight excluding hydrogens is 171 g/mol. The number of rotatable bonds is 0. The molecule has 3 nitrogen and oxygen atoms in total. The quantitative estimate of drug-likeness (QED) is 0.565. The van der Waals surface area contributed by atoms with E-state index in [1.54, 1.807) is 24.3 Å². The van der Waals surface area contributed by atoms with E-state index < -0.39 is 6.08 Å². The summed E-state index contributed by atoms with van der Waals surface area (Å²) in [7, 11) is 1.36. The van der Waals surface area contributed by atoms with Gasteiger partial charge in [-0.05, 0) is 12.1 Å². The average molecular weight is 178 g/mol. The van der Waals surface area contributed by atoms with Gasteiger partial charge in [-0.1, -0.05) is 12.1 Å².